The van der Waals surface area contributed by atoms with E-state index in [0.29, 0.717) is 36.0 Å². The molecule has 0 radical (unpaired) electrons. The predicted octanol–water partition coefficient (Wildman–Crippen LogP) is 3.12. The number of carbonyl (C=O) groups is 1. The van der Waals surface area contributed by atoms with Crippen molar-refractivity contribution in [2.75, 3.05) is 20.3 Å². The molecule has 5 rings (SSSR count). The normalized spacial score (nSPS) is 15.8. The van der Waals surface area contributed by atoms with E-state index in [1.165, 1.54) is 29.9 Å². The summed E-state index contributed by atoms with van der Waals surface area (Å²) in [6.45, 7) is 1.07. The Balaban J connectivity index is 1.68. The van der Waals surface area contributed by atoms with Gasteiger partial charge in [-0.3, -0.25) is 9.48 Å². The van der Waals surface area contributed by atoms with Crippen molar-refractivity contribution in [3.63, 3.8) is 0 Å². The van der Waals surface area contributed by atoms with Crippen molar-refractivity contribution in [1.82, 2.24) is 29.7 Å². The number of imidazole rings is 1. The fraction of sp³-hybridized carbons (Fsp3) is 0.273. The number of amides is 1. The molecule has 1 aromatic carbocycles. The van der Waals surface area contributed by atoms with Gasteiger partial charge in [-0.2, -0.15) is 5.10 Å². The van der Waals surface area contributed by atoms with Crippen molar-refractivity contribution in [3.05, 3.63) is 53.2 Å². The third kappa shape index (κ3) is 3.91. The molecule has 1 aliphatic rings. The third-order valence-corrected chi connectivity index (χ3v) is 5.71. The van der Waals surface area contributed by atoms with Gasteiger partial charge in [0.05, 0.1) is 41.9 Å². The van der Waals surface area contributed by atoms with Crippen LogP contribution >= 0.6 is 11.6 Å². The second-order valence-corrected chi connectivity index (χ2v) is 8.09. The molecule has 33 heavy (non-hydrogen) atoms. The van der Waals surface area contributed by atoms with Gasteiger partial charge in [-0.05, 0) is 18.2 Å². The number of aromatic nitrogens is 5. The first-order chi connectivity index (χ1) is 15.9. The van der Waals surface area contributed by atoms with E-state index in [9.17, 15) is 4.79 Å². The third-order valence-electron chi connectivity index (χ3n) is 5.43. The molecule has 1 unspecified atom stereocenters. The minimum Gasteiger partial charge on any atom is -0.470 e. The van der Waals surface area contributed by atoms with Gasteiger partial charge >= 0.3 is 0 Å². The largest absolute Gasteiger partial charge is 0.470 e. The lowest BCUT2D eigenvalue weighted by Crippen LogP contribution is -2.18. The van der Waals surface area contributed by atoms with Crippen LogP contribution in [-0.4, -0.2) is 56.7 Å². The summed E-state index contributed by atoms with van der Waals surface area (Å²) in [5, 5.41) is 11.2. The Hall–Kier alpha value is -3.50. The zero-order valence-corrected chi connectivity index (χ0v) is 18.6. The second kappa shape index (κ2) is 8.45. The number of hydrogen-bond acceptors (Lipinski definition) is 6. The minimum atomic E-state index is -0.670. The lowest BCUT2D eigenvalue weighted by molar-refractivity contribution is 0.0963. The standard InChI is InChI=1S/C22H20ClFN6O3/c1-25-21(31)12-5-16(20(24)17(23)6-12)18-9-26-19-7-15(13-8-27-29(2)10-13)22(28-30(18)19)33-14-3-4-32-11-14/h5-10,14H,3-4,11H2,1-2H3,(H,25,31). The number of aryl methyl sites for hydroxylation is 1. The van der Waals surface area contributed by atoms with Crippen molar-refractivity contribution in [3.8, 4) is 28.3 Å². The smallest absolute Gasteiger partial charge is 0.251 e. The molecule has 1 atom stereocenters. The zero-order valence-electron chi connectivity index (χ0n) is 17.9. The van der Waals surface area contributed by atoms with Crippen LogP contribution in [0.3, 0.4) is 0 Å². The topological polar surface area (TPSA) is 95.6 Å². The summed E-state index contributed by atoms with van der Waals surface area (Å²) < 4.78 is 29.8. The molecule has 1 N–H and O–H groups in total. The van der Waals surface area contributed by atoms with E-state index in [2.05, 4.69) is 20.5 Å². The molecule has 1 saturated heterocycles. The maximum absolute atomic E-state index is 15.0. The van der Waals surface area contributed by atoms with Gasteiger partial charge in [0.1, 0.15) is 6.10 Å². The number of hydrogen-bond donors (Lipinski definition) is 1. The molecule has 170 valence electrons. The van der Waals surface area contributed by atoms with Gasteiger partial charge in [-0.1, -0.05) is 11.6 Å². The Labute approximate surface area is 193 Å². The van der Waals surface area contributed by atoms with Crippen molar-refractivity contribution in [1.29, 1.82) is 0 Å². The predicted molar refractivity (Wildman–Crippen MR) is 119 cm³/mol. The van der Waals surface area contributed by atoms with Gasteiger partial charge in [0.2, 0.25) is 5.88 Å². The number of halogens is 2. The SMILES string of the molecule is CNC(=O)c1cc(Cl)c(F)c(-c2cnc3cc(-c4cnn(C)c4)c(OC4CCOC4)nn23)c1. The summed E-state index contributed by atoms with van der Waals surface area (Å²) in [4.78, 5) is 16.6. The highest BCUT2D eigenvalue weighted by Gasteiger charge is 2.24. The number of nitrogens with zero attached hydrogens (tertiary/aromatic N) is 5. The Morgan fingerprint density at radius 3 is 2.85 bits per heavy atom. The highest BCUT2D eigenvalue weighted by molar-refractivity contribution is 6.31. The average molecular weight is 471 g/mol. The number of benzene rings is 1. The first kappa shape index (κ1) is 21.4. The summed E-state index contributed by atoms with van der Waals surface area (Å²) in [7, 11) is 3.31. The van der Waals surface area contributed by atoms with E-state index < -0.39 is 5.82 Å². The summed E-state index contributed by atoms with van der Waals surface area (Å²) in [6, 6.07) is 4.51. The van der Waals surface area contributed by atoms with E-state index in [1.54, 1.807) is 16.9 Å². The number of nitrogens with one attached hydrogen (secondary N) is 1. The van der Waals surface area contributed by atoms with E-state index in [0.717, 1.165) is 12.0 Å². The molecule has 3 aromatic heterocycles. The number of rotatable bonds is 5. The second-order valence-electron chi connectivity index (χ2n) is 7.68. The van der Waals surface area contributed by atoms with Crippen LogP contribution in [0.2, 0.25) is 5.02 Å². The molecular weight excluding hydrogens is 451 g/mol. The Bertz CT molecular complexity index is 1360. The first-order valence-corrected chi connectivity index (χ1v) is 10.7. The summed E-state index contributed by atoms with van der Waals surface area (Å²) >= 11 is 6.09. The molecule has 1 fully saturated rings. The van der Waals surface area contributed by atoms with Gasteiger partial charge < -0.3 is 14.8 Å². The van der Waals surface area contributed by atoms with Crippen LogP contribution < -0.4 is 10.1 Å². The van der Waals surface area contributed by atoms with Gasteiger partial charge in [-0.15, -0.1) is 5.10 Å². The van der Waals surface area contributed by atoms with Crippen molar-refractivity contribution in [2.45, 2.75) is 12.5 Å². The maximum atomic E-state index is 15.0. The molecule has 0 spiro atoms. The summed E-state index contributed by atoms with van der Waals surface area (Å²) in [5.41, 5.74) is 2.64. The highest BCUT2D eigenvalue weighted by atomic mass is 35.5. The molecule has 4 heterocycles. The molecule has 11 heteroatoms. The van der Waals surface area contributed by atoms with E-state index in [4.69, 9.17) is 21.1 Å². The number of carbonyl (C=O) groups excluding carboxylic acids is 1. The van der Waals surface area contributed by atoms with Crippen LogP contribution in [0.4, 0.5) is 4.39 Å². The highest BCUT2D eigenvalue weighted by Crippen LogP contribution is 2.34. The number of fused-ring (bicyclic) bond motifs is 1. The van der Waals surface area contributed by atoms with E-state index in [-0.39, 0.29) is 28.2 Å². The Morgan fingerprint density at radius 1 is 1.30 bits per heavy atom. The van der Waals surface area contributed by atoms with Crippen LogP contribution in [0.5, 0.6) is 5.88 Å². The molecular formula is C22H20ClFN6O3. The summed E-state index contributed by atoms with van der Waals surface area (Å²) in [5.74, 6) is -0.709. The van der Waals surface area contributed by atoms with Gasteiger partial charge in [-0.25, -0.2) is 13.9 Å². The quantitative estimate of drug-likeness (QED) is 0.481. The summed E-state index contributed by atoms with van der Waals surface area (Å²) in [6.07, 6.45) is 5.63. The van der Waals surface area contributed by atoms with Gasteiger partial charge in [0.25, 0.3) is 5.91 Å². The molecule has 1 aliphatic heterocycles. The molecule has 4 aromatic rings. The molecule has 0 bridgehead atoms. The van der Waals surface area contributed by atoms with E-state index >= 15 is 4.39 Å². The van der Waals surface area contributed by atoms with E-state index in [1.807, 2.05) is 13.2 Å². The zero-order chi connectivity index (χ0) is 23.1. The van der Waals surface area contributed by atoms with Crippen LogP contribution in [0.15, 0.2) is 36.8 Å². The fourth-order valence-corrected chi connectivity index (χ4v) is 3.97. The molecule has 0 saturated carbocycles. The van der Waals surface area contributed by atoms with Crippen LogP contribution in [0, 0.1) is 5.82 Å². The number of ether oxygens (including phenoxy) is 2. The molecule has 1 amide bonds. The van der Waals surface area contributed by atoms with Crippen LogP contribution in [-0.2, 0) is 11.8 Å². The fourth-order valence-electron chi connectivity index (χ4n) is 3.75. The van der Waals surface area contributed by atoms with Gasteiger partial charge in [0, 0.05) is 43.4 Å². The monoisotopic (exact) mass is 470 g/mol. The first-order valence-electron chi connectivity index (χ1n) is 10.3. The molecule has 0 aliphatic carbocycles. The van der Waals surface area contributed by atoms with Crippen molar-refractivity contribution < 1.29 is 18.7 Å². The Kier molecular flexibility index (Phi) is 5.47. The average Bonchev–Trinajstić information content (AvgIpc) is 3.56. The Morgan fingerprint density at radius 2 is 2.15 bits per heavy atom. The minimum absolute atomic E-state index is 0.102. The van der Waals surface area contributed by atoms with Crippen LogP contribution in [0.1, 0.15) is 16.8 Å². The molecule has 9 nitrogen and oxygen atoms in total. The van der Waals surface area contributed by atoms with Crippen molar-refractivity contribution in [2.24, 2.45) is 7.05 Å². The maximum Gasteiger partial charge on any atom is 0.251 e. The lowest BCUT2D eigenvalue weighted by atomic mass is 10.1. The van der Waals surface area contributed by atoms with Gasteiger partial charge in [0.15, 0.2) is 11.5 Å². The van der Waals surface area contributed by atoms with Crippen molar-refractivity contribution >= 4 is 23.2 Å². The lowest BCUT2D eigenvalue weighted by Gasteiger charge is -2.15. The van der Waals surface area contributed by atoms with Crippen LogP contribution in [0.25, 0.3) is 28.0 Å².